The van der Waals surface area contributed by atoms with Gasteiger partial charge in [0.05, 0.1) is 19.1 Å². The summed E-state index contributed by atoms with van der Waals surface area (Å²) >= 11 is 0. The predicted octanol–water partition coefficient (Wildman–Crippen LogP) is 0.514. The van der Waals surface area contributed by atoms with E-state index in [1.165, 1.54) is 0 Å². The number of rotatable bonds is 9. The Bertz CT molecular complexity index is 517. The third kappa shape index (κ3) is 7.57. The smallest absolute Gasteiger partial charge is 0.234 e. The first-order valence-corrected chi connectivity index (χ1v) is 8.20. The van der Waals surface area contributed by atoms with Crippen molar-refractivity contribution in [1.29, 1.82) is 0 Å². The van der Waals surface area contributed by atoms with Crippen molar-refractivity contribution in [2.75, 3.05) is 47.8 Å². The molecule has 0 fully saturated rings. The molecule has 6 heteroatoms. The lowest BCUT2D eigenvalue weighted by atomic mass is 9.93. The number of nitrogens with one attached hydrogen (secondary N) is 2. The molecule has 0 aliphatic carbocycles. The maximum Gasteiger partial charge on any atom is 0.234 e. The summed E-state index contributed by atoms with van der Waals surface area (Å²) in [5.74, 6) is -0.00118. The number of carbonyl (C=O) groups is 2. The van der Waals surface area contributed by atoms with Gasteiger partial charge in [-0.3, -0.25) is 9.59 Å². The molecule has 6 nitrogen and oxygen atoms in total. The minimum absolute atomic E-state index is 0.0466. The summed E-state index contributed by atoms with van der Waals surface area (Å²) in [5, 5.41) is 5.96. The van der Waals surface area contributed by atoms with E-state index in [1.54, 1.807) is 0 Å². The van der Waals surface area contributed by atoms with Crippen LogP contribution in [0.15, 0.2) is 30.3 Å². The number of amides is 2. The fourth-order valence-corrected chi connectivity index (χ4v) is 2.45. The lowest BCUT2D eigenvalue weighted by molar-refractivity contribution is -0.124. The standard InChI is InChI=1S/C18H30N4O2/c1-14(15-9-7-6-8-10-15)16(20-18(24)13-22(4)5)11-19-17(23)12-21(2)3/h6-10,14,16H,11-13H2,1-5H3,(H,19,23)(H,20,24). The topological polar surface area (TPSA) is 64.7 Å². The summed E-state index contributed by atoms with van der Waals surface area (Å²) in [4.78, 5) is 27.7. The summed E-state index contributed by atoms with van der Waals surface area (Å²) in [5.41, 5.74) is 1.13. The Morgan fingerprint density at radius 1 is 0.958 bits per heavy atom. The van der Waals surface area contributed by atoms with E-state index in [-0.39, 0.29) is 23.8 Å². The van der Waals surface area contributed by atoms with Crippen LogP contribution in [-0.2, 0) is 9.59 Å². The number of benzene rings is 1. The zero-order valence-corrected chi connectivity index (χ0v) is 15.4. The number of carbonyl (C=O) groups excluding carboxylic acids is 2. The van der Waals surface area contributed by atoms with E-state index < -0.39 is 0 Å². The Balaban J connectivity index is 2.75. The summed E-state index contributed by atoms with van der Waals surface area (Å²) < 4.78 is 0. The first kappa shape index (κ1) is 20.1. The number of nitrogens with zero attached hydrogens (tertiary/aromatic N) is 2. The third-order valence-electron chi connectivity index (χ3n) is 3.71. The fraction of sp³-hybridized carbons (Fsp3) is 0.556. The molecule has 1 rings (SSSR count). The lowest BCUT2D eigenvalue weighted by Crippen LogP contribution is -2.49. The Labute approximate surface area is 145 Å². The van der Waals surface area contributed by atoms with E-state index in [0.29, 0.717) is 19.6 Å². The van der Waals surface area contributed by atoms with Crippen LogP contribution in [-0.4, -0.2) is 75.5 Å². The van der Waals surface area contributed by atoms with Gasteiger partial charge < -0.3 is 20.4 Å². The average molecular weight is 334 g/mol. The van der Waals surface area contributed by atoms with Crippen LogP contribution in [0.1, 0.15) is 18.4 Å². The van der Waals surface area contributed by atoms with Gasteiger partial charge in [-0.05, 0) is 33.8 Å². The molecule has 0 saturated heterocycles. The van der Waals surface area contributed by atoms with Gasteiger partial charge in [-0.15, -0.1) is 0 Å². The minimum Gasteiger partial charge on any atom is -0.353 e. The van der Waals surface area contributed by atoms with Crippen LogP contribution in [0.25, 0.3) is 0 Å². The van der Waals surface area contributed by atoms with Crippen LogP contribution < -0.4 is 10.6 Å². The quantitative estimate of drug-likeness (QED) is 0.691. The van der Waals surface area contributed by atoms with Crippen molar-refractivity contribution in [2.24, 2.45) is 0 Å². The summed E-state index contributed by atoms with van der Waals surface area (Å²) in [6.45, 7) is 3.12. The zero-order valence-electron chi connectivity index (χ0n) is 15.4. The van der Waals surface area contributed by atoms with Crippen molar-refractivity contribution < 1.29 is 9.59 Å². The Morgan fingerprint density at radius 3 is 2.04 bits per heavy atom. The second-order valence-electron chi connectivity index (χ2n) is 6.65. The molecule has 2 atom stereocenters. The summed E-state index contributed by atoms with van der Waals surface area (Å²) in [6, 6.07) is 9.85. The van der Waals surface area contributed by atoms with Crippen molar-refractivity contribution in [3.05, 3.63) is 35.9 Å². The maximum absolute atomic E-state index is 12.1. The van der Waals surface area contributed by atoms with Crippen LogP contribution in [0.4, 0.5) is 0 Å². The second-order valence-corrected chi connectivity index (χ2v) is 6.65. The maximum atomic E-state index is 12.1. The second kappa shape index (κ2) is 10.1. The molecule has 1 aromatic rings. The third-order valence-corrected chi connectivity index (χ3v) is 3.71. The van der Waals surface area contributed by atoms with Crippen LogP contribution >= 0.6 is 0 Å². The van der Waals surface area contributed by atoms with E-state index in [1.807, 2.05) is 68.3 Å². The molecule has 134 valence electrons. The molecule has 0 aromatic heterocycles. The Kier molecular flexibility index (Phi) is 8.43. The van der Waals surface area contributed by atoms with Gasteiger partial charge in [-0.25, -0.2) is 0 Å². The van der Waals surface area contributed by atoms with Crippen LogP contribution in [0, 0.1) is 0 Å². The van der Waals surface area contributed by atoms with Crippen LogP contribution in [0.5, 0.6) is 0 Å². The van der Waals surface area contributed by atoms with Gasteiger partial charge in [-0.2, -0.15) is 0 Å². The SMILES string of the molecule is CC(c1ccccc1)C(CNC(=O)CN(C)C)NC(=O)CN(C)C. The largest absolute Gasteiger partial charge is 0.353 e. The molecule has 0 saturated carbocycles. The van der Waals surface area contributed by atoms with Crippen molar-refractivity contribution in [2.45, 2.75) is 18.9 Å². The van der Waals surface area contributed by atoms with Crippen LogP contribution in [0.2, 0.25) is 0 Å². The van der Waals surface area contributed by atoms with Crippen molar-refractivity contribution in [1.82, 2.24) is 20.4 Å². The van der Waals surface area contributed by atoms with E-state index in [2.05, 4.69) is 17.6 Å². The molecule has 0 aliphatic heterocycles. The molecule has 0 bridgehead atoms. The molecule has 2 amide bonds. The normalized spacial score (nSPS) is 13.6. The predicted molar refractivity (Wildman–Crippen MR) is 96.9 cm³/mol. The van der Waals surface area contributed by atoms with Gasteiger partial charge >= 0.3 is 0 Å². The van der Waals surface area contributed by atoms with E-state index in [9.17, 15) is 9.59 Å². The summed E-state index contributed by atoms with van der Waals surface area (Å²) in [6.07, 6.45) is 0. The first-order valence-electron chi connectivity index (χ1n) is 8.20. The zero-order chi connectivity index (χ0) is 18.1. The Morgan fingerprint density at radius 2 is 1.50 bits per heavy atom. The highest BCUT2D eigenvalue weighted by Crippen LogP contribution is 2.18. The number of hydrogen-bond donors (Lipinski definition) is 2. The molecule has 0 aliphatic rings. The van der Waals surface area contributed by atoms with Gasteiger partial charge in [0.2, 0.25) is 11.8 Å². The van der Waals surface area contributed by atoms with Gasteiger partial charge in [0.1, 0.15) is 0 Å². The molecule has 0 heterocycles. The van der Waals surface area contributed by atoms with Gasteiger partial charge in [0.15, 0.2) is 0 Å². The molecular weight excluding hydrogens is 304 g/mol. The van der Waals surface area contributed by atoms with E-state index in [0.717, 1.165) is 5.56 Å². The van der Waals surface area contributed by atoms with Gasteiger partial charge in [-0.1, -0.05) is 37.3 Å². The number of hydrogen-bond acceptors (Lipinski definition) is 4. The van der Waals surface area contributed by atoms with Crippen LogP contribution in [0.3, 0.4) is 0 Å². The van der Waals surface area contributed by atoms with E-state index in [4.69, 9.17) is 0 Å². The Hall–Kier alpha value is -1.92. The highest BCUT2D eigenvalue weighted by atomic mass is 16.2. The highest BCUT2D eigenvalue weighted by molar-refractivity contribution is 5.79. The fourth-order valence-electron chi connectivity index (χ4n) is 2.45. The van der Waals surface area contributed by atoms with Gasteiger partial charge in [0.25, 0.3) is 0 Å². The minimum atomic E-state index is -0.161. The molecular formula is C18H30N4O2. The van der Waals surface area contributed by atoms with Crippen molar-refractivity contribution >= 4 is 11.8 Å². The number of likely N-dealkylation sites (N-methyl/N-ethyl adjacent to an activating group) is 2. The highest BCUT2D eigenvalue weighted by Gasteiger charge is 2.22. The molecule has 1 aromatic carbocycles. The van der Waals surface area contributed by atoms with Crippen molar-refractivity contribution in [3.63, 3.8) is 0 Å². The van der Waals surface area contributed by atoms with E-state index >= 15 is 0 Å². The molecule has 2 unspecified atom stereocenters. The average Bonchev–Trinajstić information content (AvgIpc) is 2.50. The molecule has 0 radical (unpaired) electrons. The lowest BCUT2D eigenvalue weighted by Gasteiger charge is -2.27. The molecule has 24 heavy (non-hydrogen) atoms. The summed E-state index contributed by atoms with van der Waals surface area (Å²) in [7, 11) is 7.41. The first-order chi connectivity index (χ1) is 11.3. The monoisotopic (exact) mass is 334 g/mol. The molecule has 2 N–H and O–H groups in total. The van der Waals surface area contributed by atoms with Gasteiger partial charge in [0, 0.05) is 12.5 Å². The van der Waals surface area contributed by atoms with Crippen molar-refractivity contribution in [3.8, 4) is 0 Å². The molecule has 0 spiro atoms.